The second-order valence-electron chi connectivity index (χ2n) is 6.48. The summed E-state index contributed by atoms with van der Waals surface area (Å²) in [5, 5.41) is 0. The molecule has 0 bridgehead atoms. The van der Waals surface area contributed by atoms with Gasteiger partial charge < -0.3 is 4.74 Å². The van der Waals surface area contributed by atoms with E-state index in [1.807, 2.05) is 63.2 Å². The molecule has 4 heteroatoms. The van der Waals surface area contributed by atoms with E-state index >= 15 is 0 Å². The average Bonchev–Trinajstić information content (AvgIpc) is 2.59. The summed E-state index contributed by atoms with van der Waals surface area (Å²) in [4.78, 5) is 30.1. The maximum Gasteiger partial charge on any atom is 0.360 e. The van der Waals surface area contributed by atoms with Gasteiger partial charge in [0, 0.05) is 0 Å². The maximum atomic E-state index is 13.3. The first-order valence-corrected chi connectivity index (χ1v) is 8.37. The second-order valence-corrected chi connectivity index (χ2v) is 6.48. The predicted octanol–water partition coefficient (Wildman–Crippen LogP) is 3.83. The molecule has 1 aliphatic rings. The SMILES string of the molecule is CCOC(=O)C1=Nc2c(C)cc(C)cc2[C@@](C)(c2ccccc2)C1=O. The molecule has 0 aliphatic carbocycles. The lowest BCUT2D eigenvalue weighted by Crippen LogP contribution is -2.45. The average molecular weight is 335 g/mol. The molecule has 1 heterocycles. The normalized spacial score (nSPS) is 19.2. The van der Waals surface area contributed by atoms with Crippen LogP contribution in [0.2, 0.25) is 0 Å². The quantitative estimate of drug-likeness (QED) is 0.801. The van der Waals surface area contributed by atoms with Crippen molar-refractivity contribution < 1.29 is 14.3 Å². The number of carbonyl (C=O) groups is 2. The van der Waals surface area contributed by atoms with Gasteiger partial charge in [0.2, 0.25) is 5.78 Å². The van der Waals surface area contributed by atoms with Crippen LogP contribution in [0.25, 0.3) is 0 Å². The molecule has 25 heavy (non-hydrogen) atoms. The number of ketones is 1. The van der Waals surface area contributed by atoms with Crippen LogP contribution in [0.15, 0.2) is 47.5 Å². The fourth-order valence-corrected chi connectivity index (χ4v) is 3.41. The first-order valence-electron chi connectivity index (χ1n) is 8.37. The van der Waals surface area contributed by atoms with Crippen molar-refractivity contribution in [2.45, 2.75) is 33.1 Å². The smallest absolute Gasteiger partial charge is 0.360 e. The van der Waals surface area contributed by atoms with Gasteiger partial charge in [0.25, 0.3) is 0 Å². The topological polar surface area (TPSA) is 55.7 Å². The Morgan fingerprint density at radius 3 is 2.48 bits per heavy atom. The van der Waals surface area contributed by atoms with Crippen molar-refractivity contribution in [1.82, 2.24) is 0 Å². The van der Waals surface area contributed by atoms with Crippen LogP contribution in [-0.2, 0) is 19.7 Å². The lowest BCUT2D eigenvalue weighted by atomic mass is 9.69. The third kappa shape index (κ3) is 2.68. The molecular formula is C21H21NO3. The number of aliphatic imine (C=N–C) groups is 1. The Kier molecular flexibility index (Phi) is 4.29. The van der Waals surface area contributed by atoms with E-state index in [0.717, 1.165) is 22.3 Å². The predicted molar refractivity (Wildman–Crippen MR) is 97.5 cm³/mol. The molecule has 2 aromatic rings. The molecule has 0 saturated carbocycles. The minimum absolute atomic E-state index is 0.132. The summed E-state index contributed by atoms with van der Waals surface area (Å²) in [6, 6.07) is 13.5. The van der Waals surface area contributed by atoms with Gasteiger partial charge >= 0.3 is 5.97 Å². The van der Waals surface area contributed by atoms with Crippen LogP contribution >= 0.6 is 0 Å². The Bertz CT molecular complexity index is 884. The standard InChI is InChI=1S/C21H21NO3/c1-5-25-20(24)18-19(23)21(4,15-9-7-6-8-10-15)16-12-13(2)11-14(3)17(16)22-18/h6-12H,5H2,1-4H3/t21-/m1/s1. The summed E-state index contributed by atoms with van der Waals surface area (Å²) in [6.45, 7) is 7.71. The number of aryl methyl sites for hydroxylation is 2. The Morgan fingerprint density at radius 2 is 1.84 bits per heavy atom. The molecule has 0 spiro atoms. The Hall–Kier alpha value is -2.75. The number of hydrogen-bond donors (Lipinski definition) is 0. The first-order chi connectivity index (χ1) is 11.9. The van der Waals surface area contributed by atoms with Gasteiger partial charge in [-0.1, -0.05) is 48.0 Å². The summed E-state index contributed by atoms with van der Waals surface area (Å²) in [5.74, 6) is -0.991. The zero-order chi connectivity index (χ0) is 18.2. The molecule has 1 aliphatic heterocycles. The highest BCUT2D eigenvalue weighted by atomic mass is 16.5. The highest BCUT2D eigenvalue weighted by molar-refractivity contribution is 6.67. The Morgan fingerprint density at radius 1 is 1.16 bits per heavy atom. The van der Waals surface area contributed by atoms with Crippen LogP contribution in [0.1, 0.15) is 36.1 Å². The largest absolute Gasteiger partial charge is 0.461 e. The number of hydrogen-bond acceptors (Lipinski definition) is 4. The monoisotopic (exact) mass is 335 g/mol. The summed E-state index contributed by atoms with van der Waals surface area (Å²) in [6.07, 6.45) is 0. The van der Waals surface area contributed by atoms with Crippen LogP contribution in [0.4, 0.5) is 5.69 Å². The summed E-state index contributed by atoms with van der Waals surface area (Å²) >= 11 is 0. The van der Waals surface area contributed by atoms with Crippen molar-refractivity contribution in [3.8, 4) is 0 Å². The summed E-state index contributed by atoms with van der Waals surface area (Å²) < 4.78 is 5.07. The highest BCUT2D eigenvalue weighted by Crippen LogP contribution is 2.44. The second kappa shape index (κ2) is 6.28. The van der Waals surface area contributed by atoms with Gasteiger partial charge in [-0.3, -0.25) is 4.79 Å². The maximum absolute atomic E-state index is 13.3. The third-order valence-corrected chi connectivity index (χ3v) is 4.70. The van der Waals surface area contributed by atoms with E-state index in [1.54, 1.807) is 6.92 Å². The number of benzene rings is 2. The summed E-state index contributed by atoms with van der Waals surface area (Å²) in [5.41, 5.74) is 3.23. The van der Waals surface area contributed by atoms with Crippen LogP contribution in [0.5, 0.6) is 0 Å². The van der Waals surface area contributed by atoms with E-state index < -0.39 is 11.4 Å². The lowest BCUT2D eigenvalue weighted by Gasteiger charge is -2.34. The van der Waals surface area contributed by atoms with E-state index in [4.69, 9.17) is 4.74 Å². The fourth-order valence-electron chi connectivity index (χ4n) is 3.41. The van der Waals surface area contributed by atoms with E-state index in [2.05, 4.69) is 4.99 Å². The third-order valence-electron chi connectivity index (χ3n) is 4.70. The minimum atomic E-state index is -0.975. The van der Waals surface area contributed by atoms with Crippen molar-refractivity contribution in [3.05, 3.63) is 64.7 Å². The molecule has 2 aromatic carbocycles. The van der Waals surface area contributed by atoms with Gasteiger partial charge in [-0.2, -0.15) is 0 Å². The molecule has 0 amide bonds. The van der Waals surface area contributed by atoms with Gasteiger partial charge in [-0.15, -0.1) is 0 Å². The zero-order valence-corrected chi connectivity index (χ0v) is 14.9. The molecule has 1 atom stereocenters. The van der Waals surface area contributed by atoms with Crippen molar-refractivity contribution in [2.75, 3.05) is 6.61 Å². The number of nitrogens with zero attached hydrogens (tertiary/aromatic N) is 1. The molecule has 128 valence electrons. The van der Waals surface area contributed by atoms with Crippen molar-refractivity contribution >= 4 is 23.2 Å². The lowest BCUT2D eigenvalue weighted by molar-refractivity contribution is -0.136. The molecule has 4 nitrogen and oxygen atoms in total. The van der Waals surface area contributed by atoms with Gasteiger partial charge in [0.05, 0.1) is 17.7 Å². The summed E-state index contributed by atoms with van der Waals surface area (Å²) in [7, 11) is 0. The molecule has 0 unspecified atom stereocenters. The van der Waals surface area contributed by atoms with Crippen molar-refractivity contribution in [3.63, 3.8) is 0 Å². The van der Waals surface area contributed by atoms with Crippen LogP contribution in [-0.4, -0.2) is 24.1 Å². The van der Waals surface area contributed by atoms with E-state index in [9.17, 15) is 9.59 Å². The number of ether oxygens (including phenoxy) is 1. The van der Waals surface area contributed by atoms with Crippen LogP contribution in [0, 0.1) is 13.8 Å². The highest BCUT2D eigenvalue weighted by Gasteiger charge is 2.46. The molecule has 0 fully saturated rings. The van der Waals surface area contributed by atoms with E-state index in [-0.39, 0.29) is 18.1 Å². The molecule has 0 N–H and O–H groups in total. The van der Waals surface area contributed by atoms with Gasteiger partial charge in [-0.05, 0) is 44.4 Å². The van der Waals surface area contributed by atoms with E-state index in [1.165, 1.54) is 0 Å². The number of Topliss-reactive ketones (excluding diaryl/α,β-unsaturated/α-hetero) is 1. The fraction of sp³-hybridized carbons (Fsp3) is 0.286. The number of carbonyl (C=O) groups excluding carboxylic acids is 2. The van der Waals surface area contributed by atoms with Gasteiger partial charge in [0.1, 0.15) is 0 Å². The van der Waals surface area contributed by atoms with Crippen LogP contribution in [0.3, 0.4) is 0 Å². The first kappa shape index (κ1) is 17.1. The van der Waals surface area contributed by atoms with Crippen molar-refractivity contribution in [1.29, 1.82) is 0 Å². The molecular weight excluding hydrogens is 314 g/mol. The Labute approximate surface area is 147 Å². The number of rotatable bonds is 3. The Balaban J connectivity index is 2.32. The number of fused-ring (bicyclic) bond motifs is 1. The molecule has 0 radical (unpaired) electrons. The zero-order valence-electron chi connectivity index (χ0n) is 14.9. The van der Waals surface area contributed by atoms with Crippen LogP contribution < -0.4 is 0 Å². The van der Waals surface area contributed by atoms with E-state index in [0.29, 0.717) is 5.69 Å². The van der Waals surface area contributed by atoms with Gasteiger partial charge in [0.15, 0.2) is 5.71 Å². The number of esters is 1. The molecule has 0 aromatic heterocycles. The minimum Gasteiger partial charge on any atom is -0.461 e. The molecule has 3 rings (SSSR count). The van der Waals surface area contributed by atoms with Crippen molar-refractivity contribution in [2.24, 2.45) is 4.99 Å². The van der Waals surface area contributed by atoms with Gasteiger partial charge in [-0.25, -0.2) is 9.79 Å². The molecule has 0 saturated heterocycles.